The van der Waals surface area contributed by atoms with Crippen LogP contribution in [0.4, 0.5) is 0 Å². The van der Waals surface area contributed by atoms with E-state index in [1.54, 1.807) is 0 Å². The highest BCUT2D eigenvalue weighted by atomic mass is 16.5. The van der Waals surface area contributed by atoms with E-state index in [4.69, 9.17) is 9.47 Å². The SMILES string of the molecule is CCOc1cccc(CN2CC3CCC(C2)O3)c1O. The summed E-state index contributed by atoms with van der Waals surface area (Å²) in [6.07, 6.45) is 3.12. The van der Waals surface area contributed by atoms with Crippen LogP contribution in [-0.2, 0) is 11.3 Å². The van der Waals surface area contributed by atoms with Gasteiger partial charge in [0.2, 0.25) is 0 Å². The van der Waals surface area contributed by atoms with Crippen molar-refractivity contribution < 1.29 is 14.6 Å². The van der Waals surface area contributed by atoms with Crippen LogP contribution in [0.25, 0.3) is 0 Å². The summed E-state index contributed by atoms with van der Waals surface area (Å²) in [5.74, 6) is 0.861. The predicted octanol–water partition coefficient (Wildman–Crippen LogP) is 2.15. The van der Waals surface area contributed by atoms with E-state index in [0.29, 0.717) is 24.6 Å². The van der Waals surface area contributed by atoms with Crippen LogP contribution in [0.2, 0.25) is 0 Å². The van der Waals surface area contributed by atoms with E-state index in [1.165, 1.54) is 12.8 Å². The third kappa shape index (κ3) is 2.69. The fraction of sp³-hybridized carbons (Fsp3) is 0.600. The Hall–Kier alpha value is -1.26. The number of nitrogens with zero attached hydrogens (tertiary/aromatic N) is 1. The average molecular weight is 263 g/mol. The maximum Gasteiger partial charge on any atom is 0.162 e. The normalized spacial score (nSPS) is 26.6. The molecule has 0 radical (unpaired) electrons. The van der Waals surface area contributed by atoms with Crippen molar-refractivity contribution in [2.75, 3.05) is 19.7 Å². The van der Waals surface area contributed by atoms with Gasteiger partial charge in [0, 0.05) is 25.2 Å². The number of benzene rings is 1. The summed E-state index contributed by atoms with van der Waals surface area (Å²) in [4.78, 5) is 2.37. The molecular weight excluding hydrogens is 242 g/mol. The zero-order chi connectivity index (χ0) is 13.2. The van der Waals surface area contributed by atoms with E-state index in [2.05, 4.69) is 4.90 Å². The Morgan fingerprint density at radius 1 is 1.32 bits per heavy atom. The summed E-state index contributed by atoms with van der Waals surface area (Å²) in [6.45, 7) is 5.19. The lowest BCUT2D eigenvalue weighted by atomic mass is 10.1. The molecule has 1 aromatic rings. The molecule has 0 spiro atoms. The third-order valence-corrected chi connectivity index (χ3v) is 3.90. The fourth-order valence-corrected chi connectivity index (χ4v) is 3.04. The Morgan fingerprint density at radius 3 is 2.74 bits per heavy atom. The Balaban J connectivity index is 1.71. The summed E-state index contributed by atoms with van der Waals surface area (Å²) < 4.78 is 11.3. The van der Waals surface area contributed by atoms with Crippen molar-refractivity contribution in [2.24, 2.45) is 0 Å². The molecule has 2 heterocycles. The number of rotatable bonds is 4. The van der Waals surface area contributed by atoms with Crippen molar-refractivity contribution in [2.45, 2.75) is 38.5 Å². The van der Waals surface area contributed by atoms with Gasteiger partial charge in [-0.25, -0.2) is 0 Å². The van der Waals surface area contributed by atoms with E-state index >= 15 is 0 Å². The van der Waals surface area contributed by atoms with Gasteiger partial charge in [0.15, 0.2) is 11.5 Å². The Bertz CT molecular complexity index is 437. The molecule has 1 aromatic carbocycles. The quantitative estimate of drug-likeness (QED) is 0.904. The van der Waals surface area contributed by atoms with Crippen molar-refractivity contribution in [3.63, 3.8) is 0 Å². The molecule has 104 valence electrons. The molecule has 2 saturated heterocycles. The summed E-state index contributed by atoms with van der Waals surface area (Å²) in [6, 6.07) is 5.72. The number of morpholine rings is 1. The van der Waals surface area contributed by atoms with Crippen LogP contribution >= 0.6 is 0 Å². The highest BCUT2D eigenvalue weighted by Crippen LogP contribution is 2.32. The molecule has 4 heteroatoms. The second-order valence-electron chi connectivity index (χ2n) is 5.35. The van der Waals surface area contributed by atoms with Crippen LogP contribution in [0.3, 0.4) is 0 Å². The average Bonchev–Trinajstić information content (AvgIpc) is 2.74. The Morgan fingerprint density at radius 2 is 2.05 bits per heavy atom. The van der Waals surface area contributed by atoms with Gasteiger partial charge in [0.25, 0.3) is 0 Å². The van der Waals surface area contributed by atoms with Crippen LogP contribution in [-0.4, -0.2) is 41.9 Å². The molecular formula is C15H21NO3. The van der Waals surface area contributed by atoms with Crippen LogP contribution < -0.4 is 4.74 Å². The van der Waals surface area contributed by atoms with Crippen molar-refractivity contribution in [1.29, 1.82) is 0 Å². The number of aromatic hydroxyl groups is 1. The first-order valence-electron chi connectivity index (χ1n) is 7.07. The van der Waals surface area contributed by atoms with Gasteiger partial charge in [0.05, 0.1) is 18.8 Å². The smallest absolute Gasteiger partial charge is 0.162 e. The van der Waals surface area contributed by atoms with Gasteiger partial charge in [-0.15, -0.1) is 0 Å². The van der Waals surface area contributed by atoms with Gasteiger partial charge in [0.1, 0.15) is 0 Å². The van der Waals surface area contributed by atoms with Gasteiger partial charge in [-0.2, -0.15) is 0 Å². The molecule has 0 amide bonds. The fourth-order valence-electron chi connectivity index (χ4n) is 3.04. The highest BCUT2D eigenvalue weighted by Gasteiger charge is 2.33. The van der Waals surface area contributed by atoms with Gasteiger partial charge < -0.3 is 14.6 Å². The number of phenolic OH excluding ortho intramolecular Hbond substituents is 1. The monoisotopic (exact) mass is 263 g/mol. The Labute approximate surface area is 113 Å². The number of likely N-dealkylation sites (tertiary alicyclic amines) is 1. The first-order chi connectivity index (χ1) is 9.26. The lowest BCUT2D eigenvalue weighted by Gasteiger charge is -2.32. The molecule has 4 nitrogen and oxygen atoms in total. The summed E-state index contributed by atoms with van der Waals surface area (Å²) in [5.41, 5.74) is 0.937. The maximum absolute atomic E-state index is 10.2. The molecule has 2 unspecified atom stereocenters. The first-order valence-corrected chi connectivity index (χ1v) is 7.07. The van der Waals surface area contributed by atoms with Crippen molar-refractivity contribution in [1.82, 2.24) is 4.90 Å². The van der Waals surface area contributed by atoms with Crippen LogP contribution in [0.15, 0.2) is 18.2 Å². The van der Waals surface area contributed by atoms with Crippen LogP contribution in [0.5, 0.6) is 11.5 Å². The van der Waals surface area contributed by atoms with Crippen molar-refractivity contribution in [3.8, 4) is 11.5 Å². The summed E-state index contributed by atoms with van der Waals surface area (Å²) in [5, 5.41) is 10.2. The predicted molar refractivity (Wildman–Crippen MR) is 72.4 cm³/mol. The number of hydrogen-bond donors (Lipinski definition) is 1. The van der Waals surface area contributed by atoms with Gasteiger partial charge in [-0.3, -0.25) is 4.90 Å². The number of para-hydroxylation sites is 1. The zero-order valence-corrected chi connectivity index (χ0v) is 11.3. The number of ether oxygens (including phenoxy) is 2. The summed E-state index contributed by atoms with van der Waals surface area (Å²) >= 11 is 0. The molecule has 2 atom stereocenters. The molecule has 2 aliphatic rings. The van der Waals surface area contributed by atoms with Crippen molar-refractivity contribution in [3.05, 3.63) is 23.8 Å². The molecule has 3 rings (SSSR count). The maximum atomic E-state index is 10.2. The second kappa shape index (κ2) is 5.39. The molecule has 2 fully saturated rings. The summed E-state index contributed by atoms with van der Waals surface area (Å²) in [7, 11) is 0. The minimum atomic E-state index is 0.281. The number of phenols is 1. The van der Waals surface area contributed by atoms with Crippen LogP contribution in [0, 0.1) is 0 Å². The van der Waals surface area contributed by atoms with E-state index in [1.807, 2.05) is 25.1 Å². The highest BCUT2D eigenvalue weighted by molar-refractivity contribution is 5.45. The Kier molecular flexibility index (Phi) is 3.62. The minimum Gasteiger partial charge on any atom is -0.504 e. The molecule has 2 aliphatic heterocycles. The first kappa shape index (κ1) is 12.8. The van der Waals surface area contributed by atoms with Crippen molar-refractivity contribution >= 4 is 0 Å². The van der Waals surface area contributed by atoms with E-state index in [-0.39, 0.29) is 5.75 Å². The molecule has 19 heavy (non-hydrogen) atoms. The van der Waals surface area contributed by atoms with Crippen LogP contribution in [0.1, 0.15) is 25.3 Å². The van der Waals surface area contributed by atoms with E-state index in [9.17, 15) is 5.11 Å². The molecule has 1 N–H and O–H groups in total. The minimum absolute atomic E-state index is 0.281. The molecule has 0 aromatic heterocycles. The largest absolute Gasteiger partial charge is 0.504 e. The number of fused-ring (bicyclic) bond motifs is 2. The lowest BCUT2D eigenvalue weighted by molar-refractivity contribution is -0.0412. The van der Waals surface area contributed by atoms with E-state index in [0.717, 1.165) is 25.2 Å². The molecule has 2 bridgehead atoms. The molecule has 0 aliphatic carbocycles. The van der Waals surface area contributed by atoms with Gasteiger partial charge >= 0.3 is 0 Å². The standard InChI is InChI=1S/C15H21NO3/c1-2-18-14-5-3-4-11(15(14)17)8-16-9-12-6-7-13(10-16)19-12/h3-5,12-13,17H,2,6-10H2,1H3. The zero-order valence-electron chi connectivity index (χ0n) is 11.3. The second-order valence-corrected chi connectivity index (χ2v) is 5.35. The van der Waals surface area contributed by atoms with Gasteiger partial charge in [-0.1, -0.05) is 12.1 Å². The number of hydrogen-bond acceptors (Lipinski definition) is 4. The van der Waals surface area contributed by atoms with Gasteiger partial charge in [-0.05, 0) is 25.8 Å². The van der Waals surface area contributed by atoms with E-state index < -0.39 is 0 Å². The lowest BCUT2D eigenvalue weighted by Crippen LogP contribution is -2.41. The topological polar surface area (TPSA) is 41.9 Å². The molecule has 0 saturated carbocycles. The third-order valence-electron chi connectivity index (χ3n) is 3.90.